The lowest BCUT2D eigenvalue weighted by molar-refractivity contribution is -0.121. The number of phenolic OH excluding ortho intramolecular Hbond substituents is 1. The molecule has 0 bridgehead atoms. The van der Waals surface area contributed by atoms with E-state index >= 15 is 0 Å². The van der Waals surface area contributed by atoms with E-state index < -0.39 is 0 Å². The van der Waals surface area contributed by atoms with Gasteiger partial charge in [-0.3, -0.25) is 4.79 Å². The molecule has 0 aromatic heterocycles. The number of para-hydroxylation sites is 3. The van der Waals surface area contributed by atoms with Crippen LogP contribution in [0.1, 0.15) is 38.7 Å². The molecule has 1 unspecified atom stereocenters. The third kappa shape index (κ3) is 5.64. The molecule has 0 heterocycles. The molecule has 2 rings (SSSR count). The second-order valence-corrected chi connectivity index (χ2v) is 6.78. The van der Waals surface area contributed by atoms with E-state index in [4.69, 9.17) is 9.47 Å². The van der Waals surface area contributed by atoms with E-state index in [1.54, 1.807) is 31.4 Å². The maximum Gasteiger partial charge on any atom is 0.223 e. The molecule has 5 heteroatoms. The summed E-state index contributed by atoms with van der Waals surface area (Å²) in [7, 11) is 1.68. The van der Waals surface area contributed by atoms with E-state index in [0.29, 0.717) is 12.3 Å². The van der Waals surface area contributed by atoms with Crippen LogP contribution in [-0.2, 0) is 10.2 Å². The minimum atomic E-state index is -0.0772. The summed E-state index contributed by atoms with van der Waals surface area (Å²) < 4.78 is 10.9. The van der Waals surface area contributed by atoms with Crippen LogP contribution in [0.25, 0.3) is 0 Å². The van der Waals surface area contributed by atoms with Gasteiger partial charge in [0.15, 0.2) is 11.5 Å². The first-order chi connectivity index (χ1) is 13.0. The summed E-state index contributed by atoms with van der Waals surface area (Å²) in [6, 6.07) is 14.8. The quantitative estimate of drug-likeness (QED) is 0.661. The number of benzene rings is 2. The number of rotatable bonds is 10. The number of hydrogen-bond acceptors (Lipinski definition) is 4. The van der Waals surface area contributed by atoms with Gasteiger partial charge in [0.2, 0.25) is 5.91 Å². The highest BCUT2D eigenvalue weighted by molar-refractivity contribution is 5.76. The van der Waals surface area contributed by atoms with Gasteiger partial charge in [0, 0.05) is 12.1 Å². The molecule has 1 atom stereocenters. The summed E-state index contributed by atoms with van der Waals surface area (Å²) in [4.78, 5) is 12.1. The summed E-state index contributed by atoms with van der Waals surface area (Å²) >= 11 is 0. The van der Waals surface area contributed by atoms with Crippen molar-refractivity contribution in [2.45, 2.75) is 38.5 Å². The number of methoxy groups -OCH3 is 1. The van der Waals surface area contributed by atoms with Crippen LogP contribution in [0.2, 0.25) is 0 Å². The number of aromatic hydroxyl groups is 1. The zero-order valence-corrected chi connectivity index (χ0v) is 16.3. The van der Waals surface area contributed by atoms with Crippen LogP contribution in [0.3, 0.4) is 0 Å². The Kier molecular flexibility index (Phi) is 7.53. The molecule has 0 aliphatic rings. The first-order valence-electron chi connectivity index (χ1n) is 9.31. The minimum Gasteiger partial charge on any atom is -0.504 e. The maximum absolute atomic E-state index is 12.1. The fraction of sp³-hybridized carbons (Fsp3) is 0.409. The lowest BCUT2D eigenvalue weighted by Gasteiger charge is -2.30. The van der Waals surface area contributed by atoms with E-state index in [-0.39, 0.29) is 30.1 Å². The average molecular weight is 371 g/mol. The SMILES string of the molecule is CCC(C)(CCNC(=O)CCOc1ccccc1O)c1ccccc1OC. The van der Waals surface area contributed by atoms with E-state index in [2.05, 4.69) is 25.2 Å². The number of nitrogens with one attached hydrogen (secondary N) is 1. The van der Waals surface area contributed by atoms with Crippen molar-refractivity contribution in [2.24, 2.45) is 0 Å². The van der Waals surface area contributed by atoms with Gasteiger partial charge in [0.1, 0.15) is 5.75 Å². The van der Waals surface area contributed by atoms with Gasteiger partial charge in [-0.05, 0) is 36.5 Å². The topological polar surface area (TPSA) is 67.8 Å². The van der Waals surface area contributed by atoms with Crippen LogP contribution < -0.4 is 14.8 Å². The van der Waals surface area contributed by atoms with E-state index in [0.717, 1.165) is 24.2 Å². The first kappa shape index (κ1) is 20.6. The molecule has 146 valence electrons. The Balaban J connectivity index is 1.81. The number of hydrogen-bond donors (Lipinski definition) is 2. The number of carbonyl (C=O) groups excluding carboxylic acids is 1. The molecule has 2 N–H and O–H groups in total. The molecule has 5 nitrogen and oxygen atoms in total. The van der Waals surface area contributed by atoms with Crippen LogP contribution in [0.15, 0.2) is 48.5 Å². The van der Waals surface area contributed by atoms with Crippen LogP contribution in [0.5, 0.6) is 17.2 Å². The predicted octanol–water partition coefficient (Wildman–Crippen LogP) is 4.04. The maximum atomic E-state index is 12.1. The van der Waals surface area contributed by atoms with Crippen molar-refractivity contribution in [3.05, 3.63) is 54.1 Å². The Morgan fingerprint density at radius 2 is 1.78 bits per heavy atom. The highest BCUT2D eigenvalue weighted by Gasteiger charge is 2.27. The van der Waals surface area contributed by atoms with Crippen molar-refractivity contribution >= 4 is 5.91 Å². The molecule has 1 amide bonds. The molecular formula is C22H29NO4. The van der Waals surface area contributed by atoms with E-state index in [1.807, 2.05) is 18.2 Å². The van der Waals surface area contributed by atoms with Crippen molar-refractivity contribution < 1.29 is 19.4 Å². The summed E-state index contributed by atoms with van der Waals surface area (Å²) in [5.41, 5.74) is 1.08. The summed E-state index contributed by atoms with van der Waals surface area (Å²) in [5, 5.41) is 12.6. The molecule has 27 heavy (non-hydrogen) atoms. The lowest BCUT2D eigenvalue weighted by Crippen LogP contribution is -2.32. The van der Waals surface area contributed by atoms with Gasteiger partial charge in [-0.25, -0.2) is 0 Å². The number of ether oxygens (including phenoxy) is 2. The fourth-order valence-electron chi connectivity index (χ4n) is 3.04. The largest absolute Gasteiger partial charge is 0.504 e. The third-order valence-corrected chi connectivity index (χ3v) is 4.99. The number of amides is 1. The van der Waals surface area contributed by atoms with Crippen molar-refractivity contribution in [1.29, 1.82) is 0 Å². The molecule has 0 spiro atoms. The highest BCUT2D eigenvalue weighted by Crippen LogP contribution is 2.36. The Bertz CT molecular complexity index is 747. The summed E-state index contributed by atoms with van der Waals surface area (Å²) in [6.07, 6.45) is 2.00. The van der Waals surface area contributed by atoms with Crippen molar-refractivity contribution in [3.63, 3.8) is 0 Å². The van der Waals surface area contributed by atoms with Gasteiger partial charge in [-0.1, -0.05) is 44.2 Å². The van der Waals surface area contributed by atoms with Crippen LogP contribution in [-0.4, -0.2) is 31.3 Å². The summed E-state index contributed by atoms with van der Waals surface area (Å²) in [6.45, 7) is 5.14. The normalized spacial score (nSPS) is 12.9. The van der Waals surface area contributed by atoms with Crippen LogP contribution >= 0.6 is 0 Å². The fourth-order valence-corrected chi connectivity index (χ4v) is 3.04. The molecule has 0 radical (unpaired) electrons. The van der Waals surface area contributed by atoms with E-state index in [9.17, 15) is 9.90 Å². The minimum absolute atomic E-state index is 0.0658. The molecule has 0 saturated heterocycles. The second-order valence-electron chi connectivity index (χ2n) is 6.78. The molecule has 2 aromatic carbocycles. The zero-order valence-electron chi connectivity index (χ0n) is 16.3. The molecular weight excluding hydrogens is 342 g/mol. The second kappa shape index (κ2) is 9.86. The van der Waals surface area contributed by atoms with Gasteiger partial charge in [-0.2, -0.15) is 0 Å². The molecule has 0 aliphatic carbocycles. The van der Waals surface area contributed by atoms with Gasteiger partial charge < -0.3 is 19.9 Å². The smallest absolute Gasteiger partial charge is 0.223 e. The lowest BCUT2D eigenvalue weighted by atomic mass is 9.77. The highest BCUT2D eigenvalue weighted by atomic mass is 16.5. The number of carbonyl (C=O) groups is 1. The molecule has 0 fully saturated rings. The number of phenols is 1. The van der Waals surface area contributed by atoms with Crippen LogP contribution in [0, 0.1) is 0 Å². The Hall–Kier alpha value is -2.69. The molecule has 0 saturated carbocycles. The Morgan fingerprint density at radius 3 is 2.44 bits per heavy atom. The average Bonchev–Trinajstić information content (AvgIpc) is 2.69. The predicted molar refractivity (Wildman–Crippen MR) is 106 cm³/mol. The van der Waals surface area contributed by atoms with Crippen molar-refractivity contribution in [3.8, 4) is 17.2 Å². The standard InChI is InChI=1S/C22H29NO4/c1-4-22(2,17-9-5-7-11-19(17)26-3)14-15-23-21(25)13-16-27-20-12-8-6-10-18(20)24/h5-12,24H,4,13-16H2,1-3H3,(H,23,25). The summed E-state index contributed by atoms with van der Waals surface area (Å²) in [5.74, 6) is 1.28. The van der Waals surface area contributed by atoms with E-state index in [1.165, 1.54) is 0 Å². The van der Waals surface area contributed by atoms with Gasteiger partial charge in [0.25, 0.3) is 0 Å². The Morgan fingerprint density at radius 1 is 1.11 bits per heavy atom. The first-order valence-corrected chi connectivity index (χ1v) is 9.31. The molecule has 0 aliphatic heterocycles. The van der Waals surface area contributed by atoms with Crippen LogP contribution in [0.4, 0.5) is 0 Å². The monoisotopic (exact) mass is 371 g/mol. The van der Waals surface area contributed by atoms with Gasteiger partial charge in [-0.15, -0.1) is 0 Å². The van der Waals surface area contributed by atoms with Crippen molar-refractivity contribution in [2.75, 3.05) is 20.3 Å². The van der Waals surface area contributed by atoms with Gasteiger partial charge in [0.05, 0.1) is 20.1 Å². The molecule has 2 aromatic rings. The Labute approximate surface area is 161 Å². The zero-order chi connectivity index (χ0) is 19.7. The van der Waals surface area contributed by atoms with Gasteiger partial charge >= 0.3 is 0 Å². The van der Waals surface area contributed by atoms with Crippen molar-refractivity contribution in [1.82, 2.24) is 5.32 Å². The third-order valence-electron chi connectivity index (χ3n) is 4.99.